The van der Waals surface area contributed by atoms with Crippen molar-refractivity contribution in [1.29, 1.82) is 0 Å². The molecule has 0 spiro atoms. The van der Waals surface area contributed by atoms with E-state index in [2.05, 4.69) is 10.6 Å². The molecule has 2 unspecified atom stereocenters. The van der Waals surface area contributed by atoms with Crippen LogP contribution in [-0.4, -0.2) is 71.1 Å². The lowest BCUT2D eigenvalue weighted by Gasteiger charge is -2.11. The Bertz CT molecular complexity index is 224. The van der Waals surface area contributed by atoms with Crippen LogP contribution in [0.25, 0.3) is 0 Å². The molecule has 2 atom stereocenters. The summed E-state index contributed by atoms with van der Waals surface area (Å²) in [7, 11) is 0. The van der Waals surface area contributed by atoms with Crippen molar-refractivity contribution in [2.75, 3.05) is 26.7 Å². The van der Waals surface area contributed by atoms with Gasteiger partial charge in [0.2, 0.25) is 0 Å². The number of aliphatic hydroxyl groups excluding tert-OH is 4. The molecule has 0 aliphatic carbocycles. The first-order valence-electron chi connectivity index (χ1n) is 4.74. The molecule has 9 heteroatoms. The Morgan fingerprint density at radius 3 is 1.59 bits per heavy atom. The number of carbonyl (C=O) groups is 2. The second-order valence-electron chi connectivity index (χ2n) is 2.97. The first-order chi connectivity index (χ1) is 8.02. The molecule has 0 rings (SSSR count). The Balaban J connectivity index is 3.53. The van der Waals surface area contributed by atoms with Gasteiger partial charge < -0.3 is 35.8 Å². The molecule has 9 nitrogen and oxygen atoms in total. The summed E-state index contributed by atoms with van der Waals surface area (Å²) in [4.78, 5) is 21.7. The van der Waals surface area contributed by atoms with Gasteiger partial charge >= 0.3 is 0 Å². The zero-order valence-corrected chi connectivity index (χ0v) is 9.00. The molecule has 0 bridgehead atoms. The lowest BCUT2D eigenvalue weighted by molar-refractivity contribution is -0.134. The van der Waals surface area contributed by atoms with Crippen LogP contribution in [0.1, 0.15) is 0 Å². The smallest absolute Gasteiger partial charge is 0.253 e. The lowest BCUT2D eigenvalue weighted by atomic mass is 10.3. The van der Waals surface area contributed by atoms with Crippen LogP contribution in [0.2, 0.25) is 0 Å². The van der Waals surface area contributed by atoms with E-state index in [1.807, 2.05) is 0 Å². The Morgan fingerprint density at radius 1 is 0.941 bits per heavy atom. The third-order valence-electron chi connectivity index (χ3n) is 1.65. The normalized spacial score (nSPS) is 13.9. The maximum Gasteiger partial charge on any atom is 0.253 e. The molecular formula is C8H16N2O7. The van der Waals surface area contributed by atoms with E-state index >= 15 is 0 Å². The topological polar surface area (TPSA) is 148 Å². The van der Waals surface area contributed by atoms with E-state index in [1.54, 1.807) is 0 Å². The molecule has 0 aromatic rings. The van der Waals surface area contributed by atoms with E-state index in [4.69, 9.17) is 25.2 Å². The van der Waals surface area contributed by atoms with Crippen molar-refractivity contribution in [2.45, 2.75) is 12.2 Å². The third kappa shape index (κ3) is 6.81. The van der Waals surface area contributed by atoms with Gasteiger partial charge in [0.05, 0.1) is 13.2 Å². The van der Waals surface area contributed by atoms with Crippen molar-refractivity contribution in [1.82, 2.24) is 10.6 Å². The van der Waals surface area contributed by atoms with Crippen molar-refractivity contribution in [3.05, 3.63) is 0 Å². The van der Waals surface area contributed by atoms with Gasteiger partial charge in [-0.25, -0.2) is 0 Å². The van der Waals surface area contributed by atoms with Gasteiger partial charge in [-0.05, 0) is 0 Å². The highest BCUT2D eigenvalue weighted by atomic mass is 16.5. The van der Waals surface area contributed by atoms with Crippen LogP contribution in [0.15, 0.2) is 0 Å². The highest BCUT2D eigenvalue weighted by Crippen LogP contribution is 1.82. The molecule has 0 saturated heterocycles. The number of rotatable bonds is 8. The highest BCUT2D eigenvalue weighted by molar-refractivity contribution is 5.80. The summed E-state index contributed by atoms with van der Waals surface area (Å²) in [5.74, 6) is -1.62. The summed E-state index contributed by atoms with van der Waals surface area (Å²) in [5, 5.41) is 38.7. The predicted molar refractivity (Wildman–Crippen MR) is 53.3 cm³/mol. The van der Waals surface area contributed by atoms with Gasteiger partial charge in [0, 0.05) is 0 Å². The second-order valence-corrected chi connectivity index (χ2v) is 2.97. The number of nitrogens with one attached hydrogen (secondary N) is 2. The first kappa shape index (κ1) is 15.7. The van der Waals surface area contributed by atoms with Crippen LogP contribution in [-0.2, 0) is 14.3 Å². The van der Waals surface area contributed by atoms with Crippen LogP contribution < -0.4 is 10.6 Å². The maximum absolute atomic E-state index is 10.9. The van der Waals surface area contributed by atoms with E-state index in [-0.39, 0.29) is 13.5 Å². The van der Waals surface area contributed by atoms with Gasteiger partial charge in [-0.2, -0.15) is 0 Å². The molecule has 100 valence electrons. The minimum Gasteiger partial charge on any atom is -0.393 e. The van der Waals surface area contributed by atoms with Crippen molar-refractivity contribution >= 4 is 11.8 Å². The van der Waals surface area contributed by atoms with E-state index in [1.165, 1.54) is 0 Å². The molecule has 0 aromatic carbocycles. The van der Waals surface area contributed by atoms with Gasteiger partial charge in [0.15, 0.2) is 12.2 Å². The molecule has 6 N–H and O–H groups in total. The summed E-state index contributed by atoms with van der Waals surface area (Å²) in [6.45, 7) is -1.98. The van der Waals surface area contributed by atoms with Gasteiger partial charge in [-0.15, -0.1) is 0 Å². The van der Waals surface area contributed by atoms with Crippen molar-refractivity contribution in [3.63, 3.8) is 0 Å². The highest BCUT2D eigenvalue weighted by Gasteiger charge is 2.13. The quantitative estimate of drug-likeness (QED) is 0.190. The summed E-state index contributed by atoms with van der Waals surface area (Å²) >= 11 is 0. The largest absolute Gasteiger partial charge is 0.393 e. The molecule has 2 amide bonds. The zero-order chi connectivity index (χ0) is 13.3. The second kappa shape index (κ2) is 8.84. The average molecular weight is 252 g/mol. The number of ether oxygens (including phenoxy) is 1. The van der Waals surface area contributed by atoms with E-state index in [0.29, 0.717) is 0 Å². The monoisotopic (exact) mass is 252 g/mol. The first-order valence-corrected chi connectivity index (χ1v) is 4.74. The molecular weight excluding hydrogens is 236 g/mol. The Hall–Kier alpha value is -1.26. The number of aliphatic hydroxyl groups is 4. The van der Waals surface area contributed by atoms with Crippen LogP contribution in [0, 0.1) is 0 Å². The number of hydrogen-bond donors (Lipinski definition) is 6. The molecule has 17 heavy (non-hydrogen) atoms. The van der Waals surface area contributed by atoms with Gasteiger partial charge in [0.25, 0.3) is 11.8 Å². The van der Waals surface area contributed by atoms with Gasteiger partial charge in [-0.1, -0.05) is 0 Å². The Morgan fingerprint density at radius 2 is 1.29 bits per heavy atom. The van der Waals surface area contributed by atoms with Crippen LogP contribution >= 0.6 is 0 Å². The number of amides is 2. The maximum atomic E-state index is 10.9. The molecule has 0 aliphatic heterocycles. The molecule has 0 radical (unpaired) electrons. The molecule has 0 heterocycles. The van der Waals surface area contributed by atoms with E-state index in [0.717, 1.165) is 0 Å². The van der Waals surface area contributed by atoms with Crippen molar-refractivity contribution < 1.29 is 34.8 Å². The molecule has 0 saturated carbocycles. The van der Waals surface area contributed by atoms with E-state index < -0.39 is 37.2 Å². The summed E-state index contributed by atoms with van der Waals surface area (Å²) in [6, 6.07) is 0. The number of carbonyl (C=O) groups excluding carboxylic acids is 2. The Kier molecular flexibility index (Phi) is 8.19. The minimum absolute atomic E-state index is 0.286. The third-order valence-corrected chi connectivity index (χ3v) is 1.65. The molecule has 0 fully saturated rings. The van der Waals surface area contributed by atoms with Crippen LogP contribution in [0.4, 0.5) is 0 Å². The van der Waals surface area contributed by atoms with Gasteiger partial charge in [0.1, 0.15) is 13.5 Å². The lowest BCUT2D eigenvalue weighted by Crippen LogP contribution is -2.41. The van der Waals surface area contributed by atoms with Crippen LogP contribution in [0.5, 0.6) is 0 Å². The Labute approximate surface area is 97.0 Å². The van der Waals surface area contributed by atoms with E-state index in [9.17, 15) is 9.59 Å². The summed E-state index contributed by atoms with van der Waals surface area (Å²) < 4.78 is 4.71. The zero-order valence-electron chi connectivity index (χ0n) is 9.00. The van der Waals surface area contributed by atoms with Gasteiger partial charge in [-0.3, -0.25) is 9.59 Å². The van der Waals surface area contributed by atoms with Crippen molar-refractivity contribution in [2.24, 2.45) is 0 Å². The van der Waals surface area contributed by atoms with Crippen LogP contribution in [0.3, 0.4) is 0 Å². The molecule has 0 aliphatic rings. The summed E-state index contributed by atoms with van der Waals surface area (Å²) in [6.07, 6.45) is -3.05. The SMILES string of the molecule is O=C(NCOCNC(=O)C(O)CO)C(O)CO. The van der Waals surface area contributed by atoms with Crippen molar-refractivity contribution in [3.8, 4) is 0 Å². The predicted octanol–water partition coefficient (Wildman–Crippen LogP) is -4.14. The summed E-state index contributed by atoms with van der Waals surface area (Å²) in [5.41, 5.74) is 0. The standard InChI is InChI=1S/C8H16N2O7/c11-1-5(13)7(15)9-3-17-4-10-8(16)6(14)2-12/h5-6,11-14H,1-4H2,(H,9,15)(H,10,16). The minimum atomic E-state index is -1.52. The fourth-order valence-electron chi connectivity index (χ4n) is 0.697. The fraction of sp³-hybridized carbons (Fsp3) is 0.750. The number of hydrogen-bond acceptors (Lipinski definition) is 7. The molecule has 0 aromatic heterocycles. The average Bonchev–Trinajstić information content (AvgIpc) is 2.35. The fourth-order valence-corrected chi connectivity index (χ4v) is 0.697.